The molecule has 1 unspecified atom stereocenters. The molecule has 1 atom stereocenters. The Labute approximate surface area is 128 Å². The van der Waals surface area contributed by atoms with E-state index >= 15 is 0 Å². The standard InChI is InChI=1S/C15H19FN4O2/c1-9(2)14-18-13(15(22)17-8-10(3)21)19-20(14)12-6-4-5-11(16)7-12/h4-7,9-10,21H,8H2,1-3H3,(H,17,22). The van der Waals surface area contributed by atoms with Crippen molar-refractivity contribution < 1.29 is 14.3 Å². The van der Waals surface area contributed by atoms with Crippen molar-refractivity contribution in [2.24, 2.45) is 0 Å². The van der Waals surface area contributed by atoms with Crippen LogP contribution in [0.4, 0.5) is 4.39 Å². The summed E-state index contributed by atoms with van der Waals surface area (Å²) in [7, 11) is 0. The van der Waals surface area contributed by atoms with Gasteiger partial charge in [-0.15, -0.1) is 5.10 Å². The molecular weight excluding hydrogens is 287 g/mol. The molecule has 2 N–H and O–H groups in total. The van der Waals surface area contributed by atoms with Crippen LogP contribution in [0.1, 0.15) is 43.1 Å². The van der Waals surface area contributed by atoms with Crippen molar-refractivity contribution in [3.63, 3.8) is 0 Å². The largest absolute Gasteiger partial charge is 0.392 e. The fourth-order valence-corrected chi connectivity index (χ4v) is 1.91. The lowest BCUT2D eigenvalue weighted by Crippen LogP contribution is -2.31. The van der Waals surface area contributed by atoms with Gasteiger partial charge in [0.25, 0.3) is 5.91 Å². The van der Waals surface area contributed by atoms with E-state index < -0.39 is 12.0 Å². The Balaban J connectivity index is 2.36. The number of aliphatic hydroxyl groups excluding tert-OH is 1. The predicted octanol–water partition coefficient (Wildman–Crippen LogP) is 1.64. The van der Waals surface area contributed by atoms with Gasteiger partial charge in [-0.1, -0.05) is 19.9 Å². The number of hydrogen-bond donors (Lipinski definition) is 2. The van der Waals surface area contributed by atoms with Crippen molar-refractivity contribution in [2.75, 3.05) is 6.54 Å². The Morgan fingerprint density at radius 1 is 1.41 bits per heavy atom. The molecule has 0 aliphatic rings. The van der Waals surface area contributed by atoms with Crippen molar-refractivity contribution in [3.05, 3.63) is 41.7 Å². The highest BCUT2D eigenvalue weighted by Crippen LogP contribution is 2.18. The number of aliphatic hydroxyl groups is 1. The van der Waals surface area contributed by atoms with Crippen LogP contribution in [0.25, 0.3) is 5.69 Å². The minimum absolute atomic E-state index is 0.00592. The van der Waals surface area contributed by atoms with Gasteiger partial charge in [0.15, 0.2) is 0 Å². The lowest BCUT2D eigenvalue weighted by Gasteiger charge is -2.07. The smallest absolute Gasteiger partial charge is 0.291 e. The third-order valence-electron chi connectivity index (χ3n) is 2.96. The summed E-state index contributed by atoms with van der Waals surface area (Å²) in [5.41, 5.74) is 0.505. The fraction of sp³-hybridized carbons (Fsp3) is 0.400. The van der Waals surface area contributed by atoms with E-state index in [2.05, 4.69) is 15.4 Å². The average molecular weight is 306 g/mol. The van der Waals surface area contributed by atoms with E-state index in [1.807, 2.05) is 13.8 Å². The molecule has 1 aromatic carbocycles. The van der Waals surface area contributed by atoms with Gasteiger partial charge in [0.2, 0.25) is 5.82 Å². The number of nitrogens with one attached hydrogen (secondary N) is 1. The molecule has 0 spiro atoms. The van der Waals surface area contributed by atoms with Gasteiger partial charge in [-0.05, 0) is 25.1 Å². The molecule has 0 saturated heterocycles. The molecule has 0 aliphatic carbocycles. The van der Waals surface area contributed by atoms with Gasteiger partial charge in [-0.2, -0.15) is 0 Å². The van der Waals surface area contributed by atoms with Crippen molar-refractivity contribution >= 4 is 5.91 Å². The van der Waals surface area contributed by atoms with Crippen molar-refractivity contribution in [2.45, 2.75) is 32.8 Å². The summed E-state index contributed by atoms with van der Waals surface area (Å²) >= 11 is 0. The van der Waals surface area contributed by atoms with Crippen molar-refractivity contribution in [1.29, 1.82) is 0 Å². The first-order valence-electron chi connectivity index (χ1n) is 7.07. The van der Waals surface area contributed by atoms with Crippen LogP contribution >= 0.6 is 0 Å². The zero-order valence-corrected chi connectivity index (χ0v) is 12.7. The van der Waals surface area contributed by atoms with Gasteiger partial charge in [0.05, 0.1) is 11.8 Å². The van der Waals surface area contributed by atoms with Crippen LogP contribution in [-0.2, 0) is 0 Å². The first kappa shape index (κ1) is 16.1. The Morgan fingerprint density at radius 2 is 2.14 bits per heavy atom. The number of carbonyl (C=O) groups excluding carboxylic acids is 1. The van der Waals surface area contributed by atoms with Crippen LogP contribution in [0, 0.1) is 5.82 Å². The fourth-order valence-electron chi connectivity index (χ4n) is 1.91. The van der Waals surface area contributed by atoms with Gasteiger partial charge >= 0.3 is 0 Å². The topological polar surface area (TPSA) is 80.0 Å². The second-order valence-electron chi connectivity index (χ2n) is 5.40. The van der Waals surface area contributed by atoms with E-state index in [1.54, 1.807) is 19.1 Å². The number of aromatic nitrogens is 3. The minimum atomic E-state index is -0.654. The lowest BCUT2D eigenvalue weighted by molar-refractivity contribution is 0.0913. The molecular formula is C15H19FN4O2. The molecule has 6 nitrogen and oxygen atoms in total. The average Bonchev–Trinajstić information content (AvgIpc) is 2.90. The van der Waals surface area contributed by atoms with E-state index in [0.29, 0.717) is 11.5 Å². The van der Waals surface area contributed by atoms with Crippen LogP contribution in [0.2, 0.25) is 0 Å². The van der Waals surface area contributed by atoms with E-state index in [-0.39, 0.29) is 24.1 Å². The van der Waals surface area contributed by atoms with Crippen LogP contribution < -0.4 is 5.32 Å². The zero-order chi connectivity index (χ0) is 16.3. The van der Waals surface area contributed by atoms with Gasteiger partial charge in [-0.25, -0.2) is 14.1 Å². The Hall–Kier alpha value is -2.28. The first-order valence-corrected chi connectivity index (χ1v) is 7.07. The summed E-state index contributed by atoms with van der Waals surface area (Å²) in [6, 6.07) is 5.94. The summed E-state index contributed by atoms with van der Waals surface area (Å²) in [4.78, 5) is 16.2. The molecule has 0 aliphatic heterocycles. The van der Waals surface area contributed by atoms with E-state index in [4.69, 9.17) is 0 Å². The van der Waals surface area contributed by atoms with Crippen LogP contribution in [-0.4, -0.2) is 38.4 Å². The van der Waals surface area contributed by atoms with Crippen LogP contribution in [0.5, 0.6) is 0 Å². The normalized spacial score (nSPS) is 12.5. The Bertz CT molecular complexity index is 667. The number of rotatable bonds is 5. The molecule has 0 fully saturated rings. The van der Waals surface area contributed by atoms with Gasteiger partial charge in [-0.3, -0.25) is 4.79 Å². The highest BCUT2D eigenvalue weighted by atomic mass is 19.1. The maximum atomic E-state index is 13.4. The van der Waals surface area contributed by atoms with Crippen LogP contribution in [0.3, 0.4) is 0 Å². The molecule has 7 heteroatoms. The molecule has 1 heterocycles. The molecule has 1 aromatic heterocycles. The third kappa shape index (κ3) is 3.67. The zero-order valence-electron chi connectivity index (χ0n) is 12.7. The molecule has 22 heavy (non-hydrogen) atoms. The van der Waals surface area contributed by atoms with Gasteiger partial charge in [0.1, 0.15) is 11.6 Å². The second-order valence-corrected chi connectivity index (χ2v) is 5.40. The summed E-state index contributed by atoms with van der Waals surface area (Å²) in [5, 5.41) is 15.9. The molecule has 0 bridgehead atoms. The first-order chi connectivity index (χ1) is 10.4. The van der Waals surface area contributed by atoms with E-state index in [0.717, 1.165) is 0 Å². The van der Waals surface area contributed by atoms with Crippen molar-refractivity contribution in [3.8, 4) is 5.69 Å². The minimum Gasteiger partial charge on any atom is -0.392 e. The number of nitrogens with zero attached hydrogens (tertiary/aromatic N) is 3. The van der Waals surface area contributed by atoms with E-state index in [9.17, 15) is 14.3 Å². The summed E-state index contributed by atoms with van der Waals surface area (Å²) in [6.45, 7) is 5.51. The highest BCUT2D eigenvalue weighted by molar-refractivity contribution is 5.90. The summed E-state index contributed by atoms with van der Waals surface area (Å²) < 4.78 is 14.9. The van der Waals surface area contributed by atoms with Gasteiger partial charge < -0.3 is 10.4 Å². The molecule has 2 rings (SSSR count). The number of halogens is 1. The lowest BCUT2D eigenvalue weighted by atomic mass is 10.2. The second kappa shape index (κ2) is 6.65. The maximum absolute atomic E-state index is 13.4. The molecule has 0 radical (unpaired) electrons. The molecule has 1 amide bonds. The summed E-state index contributed by atoms with van der Waals surface area (Å²) in [5.74, 6) is -0.295. The molecule has 2 aromatic rings. The third-order valence-corrected chi connectivity index (χ3v) is 2.96. The maximum Gasteiger partial charge on any atom is 0.291 e. The highest BCUT2D eigenvalue weighted by Gasteiger charge is 2.19. The van der Waals surface area contributed by atoms with Crippen LogP contribution in [0.15, 0.2) is 24.3 Å². The van der Waals surface area contributed by atoms with Gasteiger partial charge in [0, 0.05) is 12.5 Å². The number of hydrogen-bond acceptors (Lipinski definition) is 4. The molecule has 118 valence electrons. The predicted molar refractivity (Wildman–Crippen MR) is 79.4 cm³/mol. The quantitative estimate of drug-likeness (QED) is 0.880. The number of carbonyl (C=O) groups is 1. The van der Waals surface area contributed by atoms with Crippen molar-refractivity contribution in [1.82, 2.24) is 20.1 Å². The Morgan fingerprint density at radius 3 is 2.73 bits per heavy atom. The molecule has 0 saturated carbocycles. The Kier molecular flexibility index (Phi) is 4.87. The number of amides is 1. The van der Waals surface area contributed by atoms with E-state index in [1.165, 1.54) is 16.8 Å². The monoisotopic (exact) mass is 306 g/mol. The summed E-state index contributed by atoms with van der Waals surface area (Å²) in [6.07, 6.45) is -0.654. The SMILES string of the molecule is CC(O)CNC(=O)c1nc(C(C)C)n(-c2cccc(F)c2)n1. The number of benzene rings is 1.